The van der Waals surface area contributed by atoms with Gasteiger partial charge in [0.1, 0.15) is 11.6 Å². The number of esters is 1. The molecule has 5 N–H and O–H groups in total. The van der Waals surface area contributed by atoms with Crippen molar-refractivity contribution in [3.8, 4) is 0 Å². The highest BCUT2D eigenvalue weighted by Crippen LogP contribution is 2.13. The maximum absolute atomic E-state index is 11.5. The van der Waals surface area contributed by atoms with Crippen LogP contribution in [0.15, 0.2) is 0 Å². The molecule has 0 aliphatic rings. The molecule has 0 amide bonds. The van der Waals surface area contributed by atoms with Crippen LogP contribution in [-0.2, 0) is 23.9 Å². The predicted octanol–water partition coefficient (Wildman–Crippen LogP) is 3.58. The van der Waals surface area contributed by atoms with E-state index in [1.165, 1.54) is 6.42 Å². The smallest absolute Gasteiger partial charge is 0.320 e. The lowest BCUT2D eigenvalue weighted by Gasteiger charge is -2.19. The maximum atomic E-state index is 11.5. The van der Waals surface area contributed by atoms with E-state index in [0.29, 0.717) is 6.42 Å². The molecule has 0 spiro atoms. The van der Waals surface area contributed by atoms with Gasteiger partial charge < -0.3 is 25.8 Å². The lowest BCUT2D eigenvalue weighted by Crippen LogP contribution is -2.30. The molecule has 0 bridgehead atoms. The zero-order valence-electron chi connectivity index (χ0n) is 18.5. The lowest BCUT2D eigenvalue weighted by molar-refractivity contribution is -0.155. The maximum Gasteiger partial charge on any atom is 0.320 e. The molecule has 176 valence electrons. The van der Waals surface area contributed by atoms with Gasteiger partial charge in [0.25, 0.3) is 0 Å². The third-order valence-electron chi connectivity index (χ3n) is 3.93. The van der Waals surface area contributed by atoms with Crippen molar-refractivity contribution < 1.29 is 39.2 Å². The van der Waals surface area contributed by atoms with Crippen LogP contribution in [0, 0.1) is 0 Å². The molecule has 9 nitrogen and oxygen atoms in total. The minimum absolute atomic E-state index is 0.0231. The molecule has 1 unspecified atom stereocenters. The first-order valence-electron chi connectivity index (χ1n) is 10.5. The van der Waals surface area contributed by atoms with E-state index in [1.54, 1.807) is 0 Å². The molecule has 0 aromatic heterocycles. The van der Waals surface area contributed by atoms with Crippen LogP contribution in [0.25, 0.3) is 0 Å². The van der Waals surface area contributed by atoms with Crippen LogP contribution in [0.1, 0.15) is 97.8 Å². The van der Waals surface area contributed by atoms with Crippen LogP contribution in [-0.4, -0.2) is 50.8 Å². The van der Waals surface area contributed by atoms with E-state index in [9.17, 15) is 19.2 Å². The zero-order chi connectivity index (χ0) is 23.6. The van der Waals surface area contributed by atoms with Crippen molar-refractivity contribution in [2.75, 3.05) is 0 Å². The first-order chi connectivity index (χ1) is 13.8. The molecule has 0 heterocycles. The Labute approximate surface area is 179 Å². The number of carboxylic acids is 3. The molecule has 0 rings (SSSR count). The third kappa shape index (κ3) is 25.8. The summed E-state index contributed by atoms with van der Waals surface area (Å²) >= 11 is 0. The summed E-state index contributed by atoms with van der Waals surface area (Å²) in [5.74, 6) is -3.00. The second-order valence-corrected chi connectivity index (χ2v) is 8.19. The molecule has 0 aliphatic heterocycles. The average Bonchev–Trinajstić information content (AvgIpc) is 2.59. The summed E-state index contributed by atoms with van der Waals surface area (Å²) < 4.78 is 5.24. The molecule has 0 saturated heterocycles. The topological polar surface area (TPSA) is 164 Å². The van der Waals surface area contributed by atoms with Gasteiger partial charge in [0.15, 0.2) is 0 Å². The van der Waals surface area contributed by atoms with Crippen molar-refractivity contribution in [3.05, 3.63) is 0 Å². The number of ether oxygens (including phenoxy) is 1. The second kappa shape index (κ2) is 17.7. The summed E-state index contributed by atoms with van der Waals surface area (Å²) in [4.78, 5) is 41.6. The Kier molecular flexibility index (Phi) is 17.7. The van der Waals surface area contributed by atoms with Gasteiger partial charge in [0, 0.05) is 19.3 Å². The highest BCUT2D eigenvalue weighted by Gasteiger charge is 2.15. The molecule has 0 radical (unpaired) electrons. The number of carbonyl (C=O) groups excluding carboxylic acids is 1. The summed E-state index contributed by atoms with van der Waals surface area (Å²) in [6.45, 7) is 5.65. The van der Waals surface area contributed by atoms with Crippen LogP contribution in [0.4, 0.5) is 0 Å². The fraction of sp³-hybridized carbons (Fsp3) is 0.810. The molecular formula is C21H39NO8. The van der Waals surface area contributed by atoms with Crippen molar-refractivity contribution in [1.29, 1.82) is 0 Å². The molecule has 0 saturated carbocycles. The summed E-state index contributed by atoms with van der Waals surface area (Å²) in [5.41, 5.74) is 4.62. The Balaban J connectivity index is 0. The number of hydrogen-bond acceptors (Lipinski definition) is 6. The van der Waals surface area contributed by atoms with E-state index in [1.807, 2.05) is 20.8 Å². The first kappa shape index (κ1) is 30.0. The second-order valence-electron chi connectivity index (χ2n) is 8.19. The van der Waals surface area contributed by atoms with Crippen molar-refractivity contribution >= 4 is 23.9 Å². The number of unbranched alkanes of at least 4 members (excludes halogenated alkanes) is 7. The third-order valence-corrected chi connectivity index (χ3v) is 3.93. The van der Waals surface area contributed by atoms with Crippen molar-refractivity contribution in [2.24, 2.45) is 5.73 Å². The van der Waals surface area contributed by atoms with E-state index in [4.69, 9.17) is 25.8 Å². The quantitative estimate of drug-likeness (QED) is 0.223. The summed E-state index contributed by atoms with van der Waals surface area (Å²) in [6.07, 6.45) is 8.90. The number of carbonyl (C=O) groups is 4. The number of hydrogen-bond donors (Lipinski definition) is 4. The summed E-state index contributed by atoms with van der Waals surface area (Å²) in [6, 6.07) is -1.06. The Morgan fingerprint density at radius 1 is 0.733 bits per heavy atom. The standard InChI is InChI=1S/C16H30O4.C5H9NO4/c1-16(2,3)20-15(19)13-11-9-7-5-4-6-8-10-12-14(17)18;6-3(5(9)10)1-2-4(7)8/h4-13H2,1-3H3,(H,17,18);3H,1-2,6H2,(H,7,8)(H,9,10). The molecule has 0 aromatic rings. The van der Waals surface area contributed by atoms with E-state index >= 15 is 0 Å². The Morgan fingerprint density at radius 3 is 1.50 bits per heavy atom. The van der Waals surface area contributed by atoms with Crippen LogP contribution in [0.5, 0.6) is 0 Å². The fourth-order valence-corrected chi connectivity index (χ4v) is 2.40. The molecule has 0 aromatic carbocycles. The minimum atomic E-state index is -1.17. The first-order valence-corrected chi connectivity index (χ1v) is 10.5. The molecule has 0 fully saturated rings. The number of rotatable bonds is 15. The normalized spacial score (nSPS) is 11.7. The lowest BCUT2D eigenvalue weighted by atomic mass is 10.1. The van der Waals surface area contributed by atoms with Gasteiger partial charge in [0.2, 0.25) is 0 Å². The molecular weight excluding hydrogens is 394 g/mol. The van der Waals surface area contributed by atoms with E-state index in [0.717, 1.165) is 44.9 Å². The fourth-order valence-electron chi connectivity index (χ4n) is 2.40. The van der Waals surface area contributed by atoms with Crippen LogP contribution in [0.2, 0.25) is 0 Å². The van der Waals surface area contributed by atoms with Crippen molar-refractivity contribution in [3.63, 3.8) is 0 Å². The van der Waals surface area contributed by atoms with Crippen molar-refractivity contribution in [1.82, 2.24) is 0 Å². The number of aliphatic carboxylic acids is 3. The molecule has 9 heteroatoms. The van der Waals surface area contributed by atoms with E-state index < -0.39 is 23.9 Å². The van der Waals surface area contributed by atoms with Gasteiger partial charge in [0.05, 0.1) is 0 Å². The van der Waals surface area contributed by atoms with Crippen LogP contribution in [0.3, 0.4) is 0 Å². The largest absolute Gasteiger partial charge is 0.481 e. The summed E-state index contributed by atoms with van der Waals surface area (Å²) in [5, 5.41) is 24.8. The van der Waals surface area contributed by atoms with E-state index in [-0.39, 0.29) is 30.8 Å². The minimum Gasteiger partial charge on any atom is -0.481 e. The average molecular weight is 434 g/mol. The van der Waals surface area contributed by atoms with Gasteiger partial charge in [-0.2, -0.15) is 0 Å². The number of carboxylic acid groups (broad SMARTS) is 3. The zero-order valence-corrected chi connectivity index (χ0v) is 18.5. The highest BCUT2D eigenvalue weighted by molar-refractivity contribution is 5.74. The Hall–Kier alpha value is -2.16. The van der Waals surface area contributed by atoms with Gasteiger partial charge in [-0.1, -0.05) is 38.5 Å². The van der Waals surface area contributed by atoms with Gasteiger partial charge in [-0.25, -0.2) is 0 Å². The van der Waals surface area contributed by atoms with Crippen LogP contribution >= 0.6 is 0 Å². The Morgan fingerprint density at radius 2 is 1.13 bits per heavy atom. The van der Waals surface area contributed by atoms with Crippen molar-refractivity contribution in [2.45, 2.75) is 109 Å². The summed E-state index contributed by atoms with van der Waals surface area (Å²) in [7, 11) is 0. The monoisotopic (exact) mass is 433 g/mol. The van der Waals surface area contributed by atoms with E-state index in [2.05, 4.69) is 0 Å². The highest BCUT2D eigenvalue weighted by atomic mass is 16.6. The van der Waals surface area contributed by atoms with Crippen LogP contribution < -0.4 is 5.73 Å². The van der Waals surface area contributed by atoms with Gasteiger partial charge in [-0.05, 0) is 40.0 Å². The Bertz CT molecular complexity index is 514. The predicted molar refractivity (Wildman–Crippen MR) is 112 cm³/mol. The molecule has 1 atom stereocenters. The van der Waals surface area contributed by atoms with Gasteiger partial charge in [-0.15, -0.1) is 0 Å². The number of nitrogens with two attached hydrogens (primary N) is 1. The molecule has 0 aliphatic carbocycles. The van der Waals surface area contributed by atoms with Gasteiger partial charge >= 0.3 is 23.9 Å². The van der Waals surface area contributed by atoms with Gasteiger partial charge in [-0.3, -0.25) is 19.2 Å². The molecule has 30 heavy (non-hydrogen) atoms. The SMILES string of the molecule is CC(C)(C)OC(=O)CCCCCCCCCCC(=O)O.NC(CCC(=O)O)C(=O)O.